The van der Waals surface area contributed by atoms with E-state index >= 15 is 0 Å². The molecule has 1 aromatic rings. The third-order valence-electron chi connectivity index (χ3n) is 1.34. The molecule has 1 aromatic heterocycles. The topological polar surface area (TPSA) is 45.9 Å². The third-order valence-corrected chi connectivity index (χ3v) is 1.34. The van der Waals surface area contributed by atoms with Crippen molar-refractivity contribution in [1.82, 2.24) is 4.98 Å². The molecule has 0 aliphatic heterocycles. The van der Waals surface area contributed by atoms with Gasteiger partial charge in [-0.15, -0.1) is 0 Å². The van der Waals surface area contributed by atoms with E-state index in [1.165, 1.54) is 13.3 Å². The first-order chi connectivity index (χ1) is 5.27. The second-order valence-electron chi connectivity index (χ2n) is 2.14. The maximum Gasteiger partial charge on any atom is 0.140 e. The van der Waals surface area contributed by atoms with Gasteiger partial charge in [0.2, 0.25) is 0 Å². The van der Waals surface area contributed by atoms with Gasteiger partial charge in [-0.25, -0.2) is 0 Å². The first kappa shape index (κ1) is 7.55. The predicted octanol–water partition coefficient (Wildman–Crippen LogP) is 1.27. The van der Waals surface area contributed by atoms with Crippen LogP contribution in [0.4, 0.5) is 0 Å². The summed E-state index contributed by atoms with van der Waals surface area (Å²) in [4.78, 5) is 3.96. The van der Waals surface area contributed by atoms with Crippen LogP contribution in [0.25, 0.3) is 0 Å². The summed E-state index contributed by atoms with van der Waals surface area (Å²) in [5, 5.41) is 8.57. The Bertz CT molecular complexity index is 301. The van der Waals surface area contributed by atoms with Gasteiger partial charge in [-0.2, -0.15) is 5.26 Å². The van der Waals surface area contributed by atoms with E-state index in [-0.39, 0.29) is 0 Å². The SMILES string of the molecule is COc1cc(C)ncc1C#N. The van der Waals surface area contributed by atoms with Crippen molar-refractivity contribution in [3.05, 3.63) is 23.5 Å². The maximum atomic E-state index is 8.57. The summed E-state index contributed by atoms with van der Waals surface area (Å²) in [6.45, 7) is 1.85. The number of aromatic nitrogens is 1. The van der Waals surface area contributed by atoms with Crippen molar-refractivity contribution >= 4 is 0 Å². The van der Waals surface area contributed by atoms with Crippen LogP contribution in [0.3, 0.4) is 0 Å². The minimum atomic E-state index is 0.470. The van der Waals surface area contributed by atoms with Gasteiger partial charge in [0, 0.05) is 18.0 Å². The van der Waals surface area contributed by atoms with E-state index in [1.807, 2.05) is 13.0 Å². The lowest BCUT2D eigenvalue weighted by Gasteiger charge is -2.01. The third kappa shape index (κ3) is 1.47. The number of aryl methyl sites for hydroxylation is 1. The van der Waals surface area contributed by atoms with E-state index in [2.05, 4.69) is 4.98 Å². The van der Waals surface area contributed by atoms with E-state index in [0.29, 0.717) is 11.3 Å². The maximum absolute atomic E-state index is 8.57. The van der Waals surface area contributed by atoms with E-state index < -0.39 is 0 Å². The molecule has 11 heavy (non-hydrogen) atoms. The molecule has 1 rings (SSSR count). The van der Waals surface area contributed by atoms with Gasteiger partial charge in [-0.1, -0.05) is 0 Å². The molecular formula is C8H8N2O. The van der Waals surface area contributed by atoms with Gasteiger partial charge in [0.05, 0.1) is 7.11 Å². The molecule has 0 fully saturated rings. The lowest BCUT2D eigenvalue weighted by atomic mass is 10.2. The van der Waals surface area contributed by atoms with Crippen LogP contribution in [-0.4, -0.2) is 12.1 Å². The Hall–Kier alpha value is -1.56. The first-order valence-corrected chi connectivity index (χ1v) is 3.18. The Morgan fingerprint density at radius 1 is 1.64 bits per heavy atom. The molecule has 0 bridgehead atoms. The van der Waals surface area contributed by atoms with Crippen LogP contribution >= 0.6 is 0 Å². The molecule has 0 N–H and O–H groups in total. The molecule has 0 saturated carbocycles. The Morgan fingerprint density at radius 3 is 2.91 bits per heavy atom. The molecule has 3 heteroatoms. The Morgan fingerprint density at radius 2 is 2.36 bits per heavy atom. The largest absolute Gasteiger partial charge is 0.495 e. The first-order valence-electron chi connectivity index (χ1n) is 3.18. The van der Waals surface area contributed by atoms with E-state index in [9.17, 15) is 0 Å². The second kappa shape index (κ2) is 3.02. The lowest BCUT2D eigenvalue weighted by molar-refractivity contribution is 0.412. The molecular weight excluding hydrogens is 140 g/mol. The highest BCUT2D eigenvalue weighted by molar-refractivity contribution is 5.41. The highest BCUT2D eigenvalue weighted by Crippen LogP contribution is 2.15. The quantitative estimate of drug-likeness (QED) is 0.602. The zero-order valence-electron chi connectivity index (χ0n) is 6.46. The van der Waals surface area contributed by atoms with Crippen LogP contribution in [0.1, 0.15) is 11.3 Å². The summed E-state index contributed by atoms with van der Waals surface area (Å²) in [6.07, 6.45) is 1.51. The molecule has 0 amide bonds. The van der Waals surface area contributed by atoms with Gasteiger partial charge in [0.15, 0.2) is 0 Å². The predicted molar refractivity (Wildman–Crippen MR) is 40.2 cm³/mol. The van der Waals surface area contributed by atoms with Crippen LogP contribution in [-0.2, 0) is 0 Å². The molecule has 1 heterocycles. The van der Waals surface area contributed by atoms with Gasteiger partial charge in [0.25, 0.3) is 0 Å². The van der Waals surface area contributed by atoms with E-state index in [4.69, 9.17) is 10.00 Å². The van der Waals surface area contributed by atoms with Crippen molar-refractivity contribution in [2.75, 3.05) is 7.11 Å². The minimum absolute atomic E-state index is 0.470. The van der Waals surface area contributed by atoms with Crippen molar-refractivity contribution in [3.8, 4) is 11.8 Å². The highest BCUT2D eigenvalue weighted by atomic mass is 16.5. The summed E-state index contributed by atoms with van der Waals surface area (Å²) in [5.41, 5.74) is 1.32. The van der Waals surface area contributed by atoms with Crippen molar-refractivity contribution in [3.63, 3.8) is 0 Å². The fourth-order valence-electron chi connectivity index (χ4n) is 0.788. The van der Waals surface area contributed by atoms with E-state index in [0.717, 1.165) is 5.69 Å². The molecule has 0 atom stereocenters. The smallest absolute Gasteiger partial charge is 0.140 e. The van der Waals surface area contributed by atoms with Gasteiger partial charge >= 0.3 is 0 Å². The fraction of sp³-hybridized carbons (Fsp3) is 0.250. The summed E-state index contributed by atoms with van der Waals surface area (Å²) in [6, 6.07) is 3.72. The van der Waals surface area contributed by atoms with Crippen LogP contribution in [0.5, 0.6) is 5.75 Å². The average molecular weight is 148 g/mol. The van der Waals surface area contributed by atoms with Gasteiger partial charge < -0.3 is 4.74 Å². The number of nitriles is 1. The van der Waals surface area contributed by atoms with Crippen molar-refractivity contribution in [2.45, 2.75) is 6.92 Å². The van der Waals surface area contributed by atoms with Crippen LogP contribution in [0.15, 0.2) is 12.3 Å². The molecule has 0 aliphatic carbocycles. The summed E-state index contributed by atoms with van der Waals surface area (Å²) >= 11 is 0. The van der Waals surface area contributed by atoms with Crippen LogP contribution in [0, 0.1) is 18.3 Å². The Labute approximate surface area is 65.3 Å². The molecule has 0 spiro atoms. The normalized spacial score (nSPS) is 8.82. The second-order valence-corrected chi connectivity index (χ2v) is 2.14. The van der Waals surface area contributed by atoms with Gasteiger partial charge in [0.1, 0.15) is 17.4 Å². The Kier molecular flexibility index (Phi) is 2.07. The van der Waals surface area contributed by atoms with Crippen LogP contribution in [0.2, 0.25) is 0 Å². The lowest BCUT2D eigenvalue weighted by Crippen LogP contribution is -1.90. The molecule has 56 valence electrons. The summed E-state index contributed by atoms with van der Waals surface area (Å²) in [5.74, 6) is 0.583. The highest BCUT2D eigenvalue weighted by Gasteiger charge is 2.00. The number of methoxy groups -OCH3 is 1. The average Bonchev–Trinajstić information content (AvgIpc) is 2.04. The minimum Gasteiger partial charge on any atom is -0.495 e. The number of pyridine rings is 1. The van der Waals surface area contributed by atoms with Crippen molar-refractivity contribution in [2.24, 2.45) is 0 Å². The monoisotopic (exact) mass is 148 g/mol. The number of hydrogen-bond acceptors (Lipinski definition) is 3. The molecule has 3 nitrogen and oxygen atoms in total. The van der Waals surface area contributed by atoms with Gasteiger partial charge in [-0.3, -0.25) is 4.98 Å². The Balaban J connectivity index is 3.19. The summed E-state index contributed by atoms with van der Waals surface area (Å²) < 4.78 is 4.95. The molecule has 0 radical (unpaired) electrons. The molecule has 0 unspecified atom stereocenters. The summed E-state index contributed by atoms with van der Waals surface area (Å²) in [7, 11) is 1.54. The van der Waals surface area contributed by atoms with Crippen molar-refractivity contribution in [1.29, 1.82) is 5.26 Å². The van der Waals surface area contributed by atoms with E-state index in [1.54, 1.807) is 6.07 Å². The zero-order chi connectivity index (χ0) is 8.27. The molecule has 0 saturated heterocycles. The number of nitrogens with zero attached hydrogens (tertiary/aromatic N) is 2. The number of rotatable bonds is 1. The van der Waals surface area contributed by atoms with Crippen LogP contribution < -0.4 is 4.74 Å². The number of ether oxygens (including phenoxy) is 1. The fourth-order valence-corrected chi connectivity index (χ4v) is 0.788. The molecule has 0 aliphatic rings. The zero-order valence-corrected chi connectivity index (χ0v) is 6.46. The standard InChI is InChI=1S/C8H8N2O/c1-6-3-8(11-2)7(4-9)5-10-6/h3,5H,1-2H3. The van der Waals surface area contributed by atoms with Crippen molar-refractivity contribution < 1.29 is 4.74 Å². The number of hydrogen-bond donors (Lipinski definition) is 0. The van der Waals surface area contributed by atoms with Gasteiger partial charge in [-0.05, 0) is 6.92 Å². The molecule has 0 aromatic carbocycles.